The number of alkyl halides is 2. The Balaban J connectivity index is 1.97. The lowest BCUT2D eigenvalue weighted by molar-refractivity contribution is -0.0501. The Labute approximate surface area is 123 Å². The Morgan fingerprint density at radius 1 is 1.38 bits per heavy atom. The summed E-state index contributed by atoms with van der Waals surface area (Å²) in [5.74, 6) is -0.447. The fourth-order valence-electron chi connectivity index (χ4n) is 2.51. The van der Waals surface area contributed by atoms with Crippen LogP contribution in [0.1, 0.15) is 30.1 Å². The van der Waals surface area contributed by atoms with Crippen molar-refractivity contribution in [3.63, 3.8) is 0 Å². The van der Waals surface area contributed by atoms with Crippen LogP contribution < -0.4 is 10.1 Å². The van der Waals surface area contributed by atoms with Gasteiger partial charge < -0.3 is 15.0 Å². The summed E-state index contributed by atoms with van der Waals surface area (Å²) in [5.41, 5.74) is 0.149. The molecule has 0 aromatic heterocycles. The van der Waals surface area contributed by atoms with Crippen LogP contribution >= 0.6 is 0 Å². The third kappa shape index (κ3) is 4.39. The molecule has 1 amide bonds. The Morgan fingerprint density at radius 2 is 2.05 bits per heavy atom. The predicted octanol–water partition coefficient (Wildman–Crippen LogP) is 2.50. The van der Waals surface area contributed by atoms with E-state index in [0.29, 0.717) is 0 Å². The summed E-state index contributed by atoms with van der Waals surface area (Å²) in [5, 5.41) is 2.90. The molecule has 6 heteroatoms. The number of likely N-dealkylation sites (tertiary alicyclic amines) is 1. The van der Waals surface area contributed by atoms with Crippen LogP contribution in [0.15, 0.2) is 24.3 Å². The second kappa shape index (κ2) is 7.36. The quantitative estimate of drug-likeness (QED) is 0.908. The Morgan fingerprint density at radius 3 is 2.67 bits per heavy atom. The largest absolute Gasteiger partial charge is 0.434 e. The summed E-state index contributed by atoms with van der Waals surface area (Å²) in [6, 6.07) is 6.15. The van der Waals surface area contributed by atoms with E-state index >= 15 is 0 Å². The lowest BCUT2D eigenvalue weighted by Crippen LogP contribution is -2.44. The highest BCUT2D eigenvalue weighted by molar-refractivity contribution is 5.97. The summed E-state index contributed by atoms with van der Waals surface area (Å²) in [6.45, 7) is 2.06. The van der Waals surface area contributed by atoms with Crippen molar-refractivity contribution in [2.45, 2.75) is 32.4 Å². The summed E-state index contributed by atoms with van der Waals surface area (Å²) in [6.07, 6.45) is 1.74. The average Bonchev–Trinajstić information content (AvgIpc) is 2.48. The zero-order valence-electron chi connectivity index (χ0n) is 12.0. The molecule has 0 unspecified atom stereocenters. The number of hydrogen-bond donors (Lipinski definition) is 1. The van der Waals surface area contributed by atoms with Gasteiger partial charge in [0.25, 0.3) is 5.91 Å². The number of carbonyl (C=O) groups is 1. The lowest BCUT2D eigenvalue weighted by atomic mass is 10.0. The van der Waals surface area contributed by atoms with E-state index in [1.165, 1.54) is 12.1 Å². The van der Waals surface area contributed by atoms with Crippen molar-refractivity contribution in [2.24, 2.45) is 0 Å². The summed E-state index contributed by atoms with van der Waals surface area (Å²) < 4.78 is 29.1. The molecule has 116 valence electrons. The zero-order valence-corrected chi connectivity index (χ0v) is 12.0. The van der Waals surface area contributed by atoms with Gasteiger partial charge in [-0.25, -0.2) is 0 Å². The molecule has 4 nitrogen and oxygen atoms in total. The van der Waals surface area contributed by atoms with E-state index in [4.69, 9.17) is 0 Å². The van der Waals surface area contributed by atoms with E-state index in [1.807, 2.05) is 0 Å². The molecule has 1 saturated heterocycles. The van der Waals surface area contributed by atoms with Gasteiger partial charge in [-0.2, -0.15) is 8.78 Å². The van der Waals surface area contributed by atoms with Gasteiger partial charge in [0.15, 0.2) is 0 Å². The Bertz CT molecular complexity index is 474. The number of ether oxygens (including phenoxy) is 1. The van der Waals surface area contributed by atoms with E-state index < -0.39 is 6.61 Å². The predicted molar refractivity (Wildman–Crippen MR) is 75.7 cm³/mol. The molecular weight excluding hydrogens is 278 g/mol. The van der Waals surface area contributed by atoms with Crippen molar-refractivity contribution in [1.29, 1.82) is 0 Å². The van der Waals surface area contributed by atoms with E-state index in [2.05, 4.69) is 21.9 Å². The van der Waals surface area contributed by atoms with Crippen molar-refractivity contribution in [3.05, 3.63) is 29.8 Å². The van der Waals surface area contributed by atoms with Crippen LogP contribution in [-0.4, -0.2) is 43.1 Å². The number of nitrogens with zero attached hydrogens (tertiary/aromatic N) is 1. The summed E-state index contributed by atoms with van der Waals surface area (Å²) in [4.78, 5) is 14.5. The molecule has 1 aromatic rings. The molecule has 0 radical (unpaired) electrons. The minimum absolute atomic E-state index is 0.0832. The van der Waals surface area contributed by atoms with Gasteiger partial charge in [-0.05, 0) is 31.5 Å². The van der Waals surface area contributed by atoms with Gasteiger partial charge in [-0.15, -0.1) is 0 Å². The molecule has 1 N–H and O–H groups in total. The summed E-state index contributed by atoms with van der Waals surface area (Å²) in [7, 11) is 0. The van der Waals surface area contributed by atoms with Crippen molar-refractivity contribution in [2.75, 3.05) is 19.6 Å². The van der Waals surface area contributed by atoms with Crippen LogP contribution in [0.25, 0.3) is 0 Å². The first-order valence-electron chi connectivity index (χ1n) is 7.17. The van der Waals surface area contributed by atoms with Crippen molar-refractivity contribution >= 4 is 5.91 Å². The van der Waals surface area contributed by atoms with Gasteiger partial charge in [0.2, 0.25) is 0 Å². The maximum absolute atomic E-state index is 12.3. The maximum atomic E-state index is 12.3. The highest BCUT2D eigenvalue weighted by Crippen LogP contribution is 2.21. The lowest BCUT2D eigenvalue weighted by Gasteiger charge is -2.31. The molecule has 1 aromatic carbocycles. The standard InChI is InChI=1S/C15H20F2N2O2/c1-2-19-9-7-11(8-10-19)18-14(20)12-5-3-4-6-13(12)21-15(16)17/h3-6,11,15H,2,7-10H2,1H3,(H,18,20). The highest BCUT2D eigenvalue weighted by Gasteiger charge is 2.22. The van der Waals surface area contributed by atoms with Crippen LogP contribution in [0.4, 0.5) is 8.78 Å². The van der Waals surface area contributed by atoms with Crippen LogP contribution in [0.5, 0.6) is 5.75 Å². The topological polar surface area (TPSA) is 41.6 Å². The Kier molecular flexibility index (Phi) is 5.50. The first-order chi connectivity index (χ1) is 10.1. The molecule has 21 heavy (non-hydrogen) atoms. The first-order valence-corrected chi connectivity index (χ1v) is 7.17. The fraction of sp³-hybridized carbons (Fsp3) is 0.533. The first kappa shape index (κ1) is 15.7. The third-order valence-corrected chi connectivity index (χ3v) is 3.72. The number of para-hydroxylation sites is 1. The number of halogens is 2. The zero-order chi connectivity index (χ0) is 15.2. The SMILES string of the molecule is CCN1CCC(NC(=O)c2ccccc2OC(F)F)CC1. The van der Waals surface area contributed by atoms with Crippen LogP contribution in [0.2, 0.25) is 0 Å². The summed E-state index contributed by atoms with van der Waals surface area (Å²) >= 11 is 0. The molecule has 1 fully saturated rings. The van der Waals surface area contributed by atoms with Crippen LogP contribution in [0.3, 0.4) is 0 Å². The molecule has 0 atom stereocenters. The van der Waals surface area contributed by atoms with Gasteiger partial charge in [-0.3, -0.25) is 4.79 Å². The molecule has 2 rings (SSSR count). The number of piperidine rings is 1. The highest BCUT2D eigenvalue weighted by atomic mass is 19.3. The van der Waals surface area contributed by atoms with Crippen LogP contribution in [0, 0.1) is 0 Å². The minimum atomic E-state index is -2.94. The maximum Gasteiger partial charge on any atom is 0.387 e. The second-order valence-corrected chi connectivity index (χ2v) is 5.06. The van der Waals surface area contributed by atoms with Gasteiger partial charge in [0.1, 0.15) is 5.75 Å². The monoisotopic (exact) mass is 298 g/mol. The van der Waals surface area contributed by atoms with Crippen molar-refractivity contribution in [1.82, 2.24) is 10.2 Å². The molecule has 0 aliphatic carbocycles. The minimum Gasteiger partial charge on any atom is -0.434 e. The molecule has 1 aliphatic rings. The molecule has 0 saturated carbocycles. The third-order valence-electron chi connectivity index (χ3n) is 3.72. The number of amides is 1. The normalized spacial score (nSPS) is 17.0. The molecule has 1 heterocycles. The van der Waals surface area contributed by atoms with E-state index in [0.717, 1.165) is 32.5 Å². The molecule has 0 bridgehead atoms. The van der Waals surface area contributed by atoms with Gasteiger partial charge in [0, 0.05) is 19.1 Å². The number of carbonyl (C=O) groups excluding carboxylic acids is 1. The molecule has 1 aliphatic heterocycles. The number of hydrogen-bond acceptors (Lipinski definition) is 3. The fourth-order valence-corrected chi connectivity index (χ4v) is 2.51. The average molecular weight is 298 g/mol. The van der Waals surface area contributed by atoms with Gasteiger partial charge >= 0.3 is 6.61 Å². The van der Waals surface area contributed by atoms with Gasteiger partial charge in [0.05, 0.1) is 5.56 Å². The number of benzene rings is 1. The molecular formula is C15H20F2N2O2. The van der Waals surface area contributed by atoms with E-state index in [-0.39, 0.29) is 23.3 Å². The number of nitrogens with one attached hydrogen (secondary N) is 1. The van der Waals surface area contributed by atoms with Gasteiger partial charge in [-0.1, -0.05) is 19.1 Å². The smallest absolute Gasteiger partial charge is 0.387 e. The van der Waals surface area contributed by atoms with Crippen molar-refractivity contribution in [3.8, 4) is 5.75 Å². The van der Waals surface area contributed by atoms with Crippen molar-refractivity contribution < 1.29 is 18.3 Å². The molecule has 0 spiro atoms. The number of rotatable bonds is 5. The van der Waals surface area contributed by atoms with E-state index in [1.54, 1.807) is 12.1 Å². The van der Waals surface area contributed by atoms with E-state index in [9.17, 15) is 13.6 Å². The second-order valence-electron chi connectivity index (χ2n) is 5.06. The Hall–Kier alpha value is -1.69. The van der Waals surface area contributed by atoms with Crippen LogP contribution in [-0.2, 0) is 0 Å².